The Hall–Kier alpha value is -7.29. The summed E-state index contributed by atoms with van der Waals surface area (Å²) in [5.41, 5.74) is 7.04. The van der Waals surface area contributed by atoms with E-state index in [1.54, 1.807) is 26.4 Å². The van der Waals surface area contributed by atoms with E-state index < -0.39 is 12.2 Å². The van der Waals surface area contributed by atoms with Crippen molar-refractivity contribution in [2.75, 3.05) is 67.1 Å². The van der Waals surface area contributed by atoms with E-state index in [0.29, 0.717) is 71.7 Å². The van der Waals surface area contributed by atoms with Gasteiger partial charge in [-0.25, -0.2) is 0 Å². The Morgan fingerprint density at radius 3 is 1.13 bits per heavy atom. The van der Waals surface area contributed by atoms with Gasteiger partial charge in [0.2, 0.25) is 0 Å². The van der Waals surface area contributed by atoms with E-state index in [-0.39, 0.29) is 55.2 Å². The standard InChI is InChI=1S/C64H70O13/c1-63(2,48-16-24-54(25-17-48)72-38-56-40-74-56)46-12-20-52(21-13-46)70-34-50(65)36-76-58-28-10-42(32-60(58)68-5)30-44-8-7-9-45(62(44)67)31-43-11-29-59(61(33-43)69-6)77-37-51(66)35-71-53-22-14-47(15-23-53)64(3,4)49-18-26-55(27-19-49)73-39-57-41-75-57/h10-33,50-51,56-57,65-66H,7-9,34-41H2,1-6H3/b44-30-,45-31+. The maximum absolute atomic E-state index is 13.8. The molecule has 0 aromatic heterocycles. The second-order valence-corrected chi connectivity index (χ2v) is 20.8. The molecule has 3 fully saturated rings. The van der Waals surface area contributed by atoms with Crippen LogP contribution in [0.3, 0.4) is 0 Å². The van der Waals surface area contributed by atoms with Crippen molar-refractivity contribution in [2.45, 2.75) is 82.2 Å². The maximum Gasteiger partial charge on any atom is 0.185 e. The van der Waals surface area contributed by atoms with Gasteiger partial charge in [0.1, 0.15) is 87.1 Å². The fraction of sp³-hybridized carbons (Fsp3) is 0.359. The Labute approximate surface area is 451 Å². The van der Waals surface area contributed by atoms with Gasteiger partial charge in [0.15, 0.2) is 28.8 Å². The topological polar surface area (TPSA) is 156 Å². The first-order valence-electron chi connectivity index (χ1n) is 26.3. The number of allylic oxidation sites excluding steroid dienone is 2. The number of ketones is 1. The zero-order chi connectivity index (χ0) is 53.9. The number of rotatable bonds is 26. The van der Waals surface area contributed by atoms with Crippen LogP contribution in [0.2, 0.25) is 0 Å². The van der Waals surface area contributed by atoms with Crippen molar-refractivity contribution in [1.82, 2.24) is 0 Å². The van der Waals surface area contributed by atoms with Crippen LogP contribution in [0, 0.1) is 0 Å². The monoisotopic (exact) mass is 1050 g/mol. The third-order valence-corrected chi connectivity index (χ3v) is 14.3. The number of epoxide rings is 2. The number of Topliss-reactive ketones (excluding diaryl/α,β-unsaturated/α-hetero) is 1. The summed E-state index contributed by atoms with van der Waals surface area (Å²) < 4.78 is 57.3. The third kappa shape index (κ3) is 14.6. The van der Waals surface area contributed by atoms with E-state index in [9.17, 15) is 15.0 Å². The maximum atomic E-state index is 13.8. The highest BCUT2D eigenvalue weighted by Gasteiger charge is 2.28. The van der Waals surface area contributed by atoms with Crippen LogP contribution < -0.4 is 37.9 Å². The van der Waals surface area contributed by atoms with Crippen molar-refractivity contribution < 1.29 is 62.4 Å². The molecule has 2 heterocycles. The number of aliphatic hydroxyl groups excluding tert-OH is 2. The van der Waals surface area contributed by atoms with Gasteiger partial charge in [0.25, 0.3) is 0 Å². The molecule has 9 rings (SSSR count). The third-order valence-electron chi connectivity index (χ3n) is 14.3. The fourth-order valence-corrected chi connectivity index (χ4v) is 9.13. The smallest absolute Gasteiger partial charge is 0.185 e. The van der Waals surface area contributed by atoms with Crippen molar-refractivity contribution in [3.05, 3.63) is 178 Å². The van der Waals surface area contributed by atoms with Crippen molar-refractivity contribution in [1.29, 1.82) is 0 Å². The zero-order valence-corrected chi connectivity index (χ0v) is 44.8. The summed E-state index contributed by atoms with van der Waals surface area (Å²) in [6.45, 7) is 11.4. The summed E-state index contributed by atoms with van der Waals surface area (Å²) in [5, 5.41) is 21.6. The van der Waals surface area contributed by atoms with Gasteiger partial charge in [0.05, 0.1) is 27.4 Å². The van der Waals surface area contributed by atoms with E-state index >= 15 is 0 Å². The number of carbonyl (C=O) groups excluding carboxylic acids is 1. The van der Waals surface area contributed by atoms with Gasteiger partial charge in [-0.1, -0.05) is 88.4 Å². The molecule has 2 saturated heterocycles. The molecular formula is C64H70O13. The molecule has 6 aromatic carbocycles. The SMILES string of the molecule is COc1cc(/C=C2/CCC/C(=C\c3ccc(OCC(O)COc4ccc(C(C)(C)c5ccc(OCC6CO6)cc5)cc4)c(OC)c3)C2=O)ccc1OCC(O)COc1ccc(C(C)(C)c2ccc(OCC3CO3)cc2)cc1. The zero-order valence-electron chi connectivity index (χ0n) is 44.8. The highest BCUT2D eigenvalue weighted by atomic mass is 16.6. The molecule has 0 radical (unpaired) electrons. The van der Waals surface area contributed by atoms with E-state index in [0.717, 1.165) is 64.5 Å². The number of methoxy groups -OCH3 is 2. The highest BCUT2D eigenvalue weighted by Crippen LogP contribution is 2.37. The van der Waals surface area contributed by atoms with Crippen molar-refractivity contribution in [3.8, 4) is 46.0 Å². The van der Waals surface area contributed by atoms with Gasteiger partial charge >= 0.3 is 0 Å². The van der Waals surface area contributed by atoms with Gasteiger partial charge < -0.3 is 57.6 Å². The summed E-state index contributed by atoms with van der Waals surface area (Å²) in [7, 11) is 3.11. The van der Waals surface area contributed by atoms with Crippen LogP contribution in [-0.4, -0.2) is 107 Å². The van der Waals surface area contributed by atoms with Crippen molar-refractivity contribution >= 4 is 17.9 Å². The minimum Gasteiger partial charge on any atom is -0.493 e. The molecular weight excluding hydrogens is 977 g/mol. The van der Waals surface area contributed by atoms with Crippen LogP contribution in [0.5, 0.6) is 46.0 Å². The molecule has 77 heavy (non-hydrogen) atoms. The molecule has 13 heteroatoms. The highest BCUT2D eigenvalue weighted by molar-refractivity contribution is 6.14. The summed E-state index contributed by atoms with van der Waals surface area (Å²) in [6.07, 6.45) is 4.48. The second kappa shape index (κ2) is 24.8. The summed E-state index contributed by atoms with van der Waals surface area (Å²) in [5.74, 6) is 4.79. The first-order chi connectivity index (χ1) is 37.2. The summed E-state index contributed by atoms with van der Waals surface area (Å²) >= 11 is 0. The van der Waals surface area contributed by atoms with Crippen molar-refractivity contribution in [3.63, 3.8) is 0 Å². The lowest BCUT2D eigenvalue weighted by molar-refractivity contribution is -0.112. The lowest BCUT2D eigenvalue weighted by atomic mass is 9.78. The predicted molar refractivity (Wildman–Crippen MR) is 295 cm³/mol. The number of ether oxygens (including phenoxy) is 10. The summed E-state index contributed by atoms with van der Waals surface area (Å²) in [6, 6.07) is 43.1. The lowest BCUT2D eigenvalue weighted by Gasteiger charge is -2.26. The van der Waals surface area contributed by atoms with Crippen molar-refractivity contribution in [2.24, 2.45) is 0 Å². The van der Waals surface area contributed by atoms with E-state index in [1.165, 1.54) is 0 Å². The molecule has 4 unspecified atom stereocenters. The quantitative estimate of drug-likeness (QED) is 0.0391. The van der Waals surface area contributed by atoms with Crippen LogP contribution >= 0.6 is 0 Å². The average Bonchev–Trinajstić information content (AvgIpc) is 4.41. The molecule has 0 bridgehead atoms. The Kier molecular flexibility index (Phi) is 17.6. The number of aliphatic hydroxyl groups is 2. The minimum absolute atomic E-state index is 0.0159. The Balaban J connectivity index is 0.723. The second-order valence-electron chi connectivity index (χ2n) is 20.8. The predicted octanol–water partition coefficient (Wildman–Crippen LogP) is 10.8. The number of hydrogen-bond donors (Lipinski definition) is 2. The molecule has 13 nitrogen and oxygen atoms in total. The van der Waals surface area contributed by atoms with Gasteiger partial charge in [-0.3, -0.25) is 4.79 Å². The Morgan fingerprint density at radius 1 is 0.481 bits per heavy atom. The molecule has 3 aliphatic rings. The lowest BCUT2D eigenvalue weighted by Crippen LogP contribution is -2.25. The molecule has 1 saturated carbocycles. The molecule has 6 aromatic rings. The van der Waals surface area contributed by atoms with Gasteiger partial charge in [0, 0.05) is 22.0 Å². The number of benzene rings is 6. The molecule has 404 valence electrons. The molecule has 0 amide bonds. The first-order valence-corrected chi connectivity index (χ1v) is 26.3. The normalized spacial score (nSPS) is 18.1. The van der Waals surface area contributed by atoms with Gasteiger partial charge in [-0.2, -0.15) is 0 Å². The van der Waals surface area contributed by atoms with E-state index in [4.69, 9.17) is 47.4 Å². The Morgan fingerprint density at radius 2 is 0.805 bits per heavy atom. The largest absolute Gasteiger partial charge is 0.493 e. The fourth-order valence-electron chi connectivity index (χ4n) is 9.13. The Bertz CT molecular complexity index is 2770. The minimum atomic E-state index is -0.906. The molecule has 0 spiro atoms. The van der Waals surface area contributed by atoms with E-state index in [2.05, 4.69) is 52.0 Å². The van der Waals surface area contributed by atoms with Crippen LogP contribution in [0.4, 0.5) is 0 Å². The van der Waals surface area contributed by atoms with Crippen LogP contribution in [0.25, 0.3) is 12.2 Å². The molecule has 1 aliphatic carbocycles. The molecule has 2 aliphatic heterocycles. The molecule has 4 atom stereocenters. The van der Waals surface area contributed by atoms with Crippen LogP contribution in [-0.2, 0) is 25.1 Å². The van der Waals surface area contributed by atoms with E-state index in [1.807, 2.05) is 109 Å². The van der Waals surface area contributed by atoms with Crippen LogP contribution in [0.1, 0.15) is 80.3 Å². The number of carbonyl (C=O) groups is 1. The van der Waals surface area contributed by atoms with Gasteiger partial charge in [-0.15, -0.1) is 0 Å². The number of hydrogen-bond acceptors (Lipinski definition) is 13. The summed E-state index contributed by atoms with van der Waals surface area (Å²) in [4.78, 5) is 13.8. The van der Waals surface area contributed by atoms with Gasteiger partial charge in [-0.05, 0) is 138 Å². The molecule has 2 N–H and O–H groups in total. The first kappa shape index (κ1) is 54.5. The van der Waals surface area contributed by atoms with Crippen LogP contribution in [0.15, 0.2) is 145 Å². The average molecular weight is 1050 g/mol.